The minimum absolute atomic E-state index is 0.665. The van der Waals surface area contributed by atoms with Crippen LogP contribution in [0.4, 0.5) is 0 Å². The third kappa shape index (κ3) is 5.16. The molecular formula is C24H34N2. The molecule has 0 saturated heterocycles. The molecule has 140 valence electrons. The van der Waals surface area contributed by atoms with Gasteiger partial charge in [0, 0.05) is 18.0 Å². The molecule has 0 atom stereocenters. The van der Waals surface area contributed by atoms with Gasteiger partial charge in [-0.05, 0) is 61.5 Å². The molecule has 2 heteroatoms. The summed E-state index contributed by atoms with van der Waals surface area (Å²) in [6.07, 6.45) is 17.3. The number of rotatable bonds is 8. The molecule has 0 radical (unpaired) electrons. The van der Waals surface area contributed by atoms with Gasteiger partial charge in [0.05, 0.1) is 0 Å². The van der Waals surface area contributed by atoms with Crippen LogP contribution in [0.1, 0.15) is 88.7 Å². The third-order valence-corrected chi connectivity index (χ3v) is 5.97. The van der Waals surface area contributed by atoms with Gasteiger partial charge >= 0.3 is 0 Å². The number of nitrogens with zero attached hydrogens (tertiary/aromatic N) is 2. The molecule has 1 saturated carbocycles. The maximum Gasteiger partial charge on any atom is 0.159 e. The van der Waals surface area contributed by atoms with E-state index >= 15 is 0 Å². The minimum Gasteiger partial charge on any atom is -0.236 e. The number of hydrogen-bond acceptors (Lipinski definition) is 2. The Bertz CT molecular complexity index is 637. The summed E-state index contributed by atoms with van der Waals surface area (Å²) in [5, 5.41) is 0. The summed E-state index contributed by atoms with van der Waals surface area (Å²) in [5.74, 6) is 2.47. The van der Waals surface area contributed by atoms with Gasteiger partial charge in [0.2, 0.25) is 0 Å². The van der Waals surface area contributed by atoms with Gasteiger partial charge in [-0.1, -0.05) is 63.8 Å². The highest BCUT2D eigenvalue weighted by molar-refractivity contribution is 5.55. The first kappa shape index (κ1) is 19.1. The molecule has 1 aliphatic rings. The molecule has 1 heterocycles. The van der Waals surface area contributed by atoms with E-state index in [-0.39, 0.29) is 0 Å². The van der Waals surface area contributed by atoms with E-state index in [4.69, 9.17) is 0 Å². The fourth-order valence-electron chi connectivity index (χ4n) is 4.29. The van der Waals surface area contributed by atoms with Crippen LogP contribution < -0.4 is 0 Å². The fraction of sp³-hybridized carbons (Fsp3) is 0.583. The van der Waals surface area contributed by atoms with E-state index in [1.165, 1.54) is 75.3 Å². The molecule has 0 amide bonds. The van der Waals surface area contributed by atoms with Crippen molar-refractivity contribution in [2.75, 3.05) is 0 Å². The lowest BCUT2D eigenvalue weighted by Gasteiger charge is -2.28. The Balaban J connectivity index is 1.57. The van der Waals surface area contributed by atoms with Crippen molar-refractivity contribution < 1.29 is 0 Å². The lowest BCUT2D eigenvalue weighted by atomic mass is 9.78. The first-order chi connectivity index (χ1) is 12.8. The fourth-order valence-corrected chi connectivity index (χ4v) is 4.29. The summed E-state index contributed by atoms with van der Waals surface area (Å²) < 4.78 is 0. The van der Waals surface area contributed by atoms with Gasteiger partial charge in [-0.2, -0.15) is 0 Å². The zero-order valence-corrected chi connectivity index (χ0v) is 16.6. The maximum atomic E-state index is 4.67. The van der Waals surface area contributed by atoms with Crippen LogP contribution in [0.3, 0.4) is 0 Å². The lowest BCUT2D eigenvalue weighted by Crippen LogP contribution is -2.13. The predicted octanol–water partition coefficient (Wildman–Crippen LogP) is 6.95. The monoisotopic (exact) mass is 350 g/mol. The Hall–Kier alpha value is -1.70. The van der Waals surface area contributed by atoms with Crippen LogP contribution >= 0.6 is 0 Å². The van der Waals surface area contributed by atoms with Crippen molar-refractivity contribution in [1.29, 1.82) is 0 Å². The van der Waals surface area contributed by atoms with Crippen LogP contribution in [-0.4, -0.2) is 9.97 Å². The molecule has 1 aliphatic carbocycles. The molecule has 3 rings (SSSR count). The second kappa shape index (κ2) is 9.85. The molecule has 0 bridgehead atoms. The first-order valence-corrected chi connectivity index (χ1v) is 10.7. The van der Waals surface area contributed by atoms with Crippen LogP contribution in [0, 0.1) is 5.92 Å². The zero-order valence-electron chi connectivity index (χ0n) is 16.6. The predicted molar refractivity (Wildman–Crippen MR) is 110 cm³/mol. The van der Waals surface area contributed by atoms with Crippen molar-refractivity contribution in [3.8, 4) is 11.4 Å². The van der Waals surface area contributed by atoms with Crippen LogP contribution in [0.2, 0.25) is 0 Å². The van der Waals surface area contributed by atoms with Gasteiger partial charge in [0.15, 0.2) is 5.82 Å². The summed E-state index contributed by atoms with van der Waals surface area (Å²) in [6.45, 7) is 4.55. The van der Waals surface area contributed by atoms with Crippen LogP contribution in [0.25, 0.3) is 11.4 Å². The number of aromatic nitrogens is 2. The molecule has 0 spiro atoms. The average Bonchev–Trinajstić information content (AvgIpc) is 2.70. The first-order valence-electron chi connectivity index (χ1n) is 10.7. The van der Waals surface area contributed by atoms with Gasteiger partial charge in [-0.25, -0.2) is 9.97 Å². The molecule has 0 aliphatic heterocycles. The van der Waals surface area contributed by atoms with E-state index in [1.54, 1.807) is 0 Å². The number of unbranched alkanes of at least 4 members (excludes halogenated alkanes) is 2. The standard InChI is InChI=1S/C24H34N2/c1-3-5-6-8-20-11-15-22(16-12-20)24-25-17-23(18-26-24)21-13-9-19(7-4-2)10-14-21/h11-12,15-19,21H,3-10,13-14H2,1-2H3. The maximum absolute atomic E-state index is 4.67. The Labute approximate surface area is 159 Å². The van der Waals surface area contributed by atoms with Crippen molar-refractivity contribution >= 4 is 0 Å². The third-order valence-electron chi connectivity index (χ3n) is 5.97. The van der Waals surface area contributed by atoms with E-state index < -0.39 is 0 Å². The van der Waals surface area contributed by atoms with Gasteiger partial charge < -0.3 is 0 Å². The topological polar surface area (TPSA) is 25.8 Å². The number of aryl methyl sites for hydroxylation is 1. The Morgan fingerprint density at radius 1 is 0.846 bits per heavy atom. The summed E-state index contributed by atoms with van der Waals surface area (Å²) in [7, 11) is 0. The van der Waals surface area contributed by atoms with Crippen molar-refractivity contribution in [1.82, 2.24) is 9.97 Å². The quantitative estimate of drug-likeness (QED) is 0.481. The molecule has 2 aromatic rings. The molecule has 1 fully saturated rings. The average molecular weight is 351 g/mol. The zero-order chi connectivity index (χ0) is 18.2. The largest absolute Gasteiger partial charge is 0.236 e. The van der Waals surface area contributed by atoms with Crippen LogP contribution in [0.5, 0.6) is 0 Å². The van der Waals surface area contributed by atoms with Gasteiger partial charge in [0.1, 0.15) is 0 Å². The normalized spacial score (nSPS) is 20.2. The SMILES string of the molecule is CCCCCc1ccc(-c2ncc(C3CCC(CCC)CC3)cn2)cc1. The summed E-state index contributed by atoms with van der Waals surface area (Å²) in [6, 6.07) is 8.81. The highest BCUT2D eigenvalue weighted by Gasteiger charge is 2.22. The van der Waals surface area contributed by atoms with Crippen molar-refractivity contribution in [2.45, 2.75) is 84.0 Å². The molecule has 2 nitrogen and oxygen atoms in total. The molecule has 1 aromatic carbocycles. The van der Waals surface area contributed by atoms with E-state index in [9.17, 15) is 0 Å². The van der Waals surface area contributed by atoms with Crippen molar-refractivity contribution in [3.63, 3.8) is 0 Å². The smallest absolute Gasteiger partial charge is 0.159 e. The molecule has 26 heavy (non-hydrogen) atoms. The van der Waals surface area contributed by atoms with E-state index in [2.05, 4.69) is 60.5 Å². The number of hydrogen-bond donors (Lipinski definition) is 0. The summed E-state index contributed by atoms with van der Waals surface area (Å²) >= 11 is 0. The van der Waals surface area contributed by atoms with E-state index in [1.807, 2.05) is 0 Å². The molecule has 1 aromatic heterocycles. The summed E-state index contributed by atoms with van der Waals surface area (Å²) in [4.78, 5) is 9.35. The Morgan fingerprint density at radius 3 is 2.15 bits per heavy atom. The van der Waals surface area contributed by atoms with Gasteiger partial charge in [-0.15, -0.1) is 0 Å². The Morgan fingerprint density at radius 2 is 1.54 bits per heavy atom. The van der Waals surface area contributed by atoms with Crippen LogP contribution in [0.15, 0.2) is 36.7 Å². The minimum atomic E-state index is 0.665. The molecule has 0 N–H and O–H groups in total. The highest BCUT2D eigenvalue weighted by atomic mass is 14.9. The summed E-state index contributed by atoms with van der Waals surface area (Å²) in [5.41, 5.74) is 3.88. The Kier molecular flexibility index (Phi) is 7.22. The molecule has 0 unspecified atom stereocenters. The lowest BCUT2D eigenvalue weighted by molar-refractivity contribution is 0.308. The van der Waals surface area contributed by atoms with Gasteiger partial charge in [-0.3, -0.25) is 0 Å². The second-order valence-corrected chi connectivity index (χ2v) is 8.00. The van der Waals surface area contributed by atoms with E-state index in [0.29, 0.717) is 5.92 Å². The number of benzene rings is 1. The molecular weight excluding hydrogens is 316 g/mol. The van der Waals surface area contributed by atoms with E-state index in [0.717, 1.165) is 17.3 Å². The van der Waals surface area contributed by atoms with Gasteiger partial charge in [0.25, 0.3) is 0 Å². The second-order valence-electron chi connectivity index (χ2n) is 8.00. The highest BCUT2D eigenvalue weighted by Crippen LogP contribution is 2.37. The van der Waals surface area contributed by atoms with Crippen LogP contribution in [-0.2, 0) is 6.42 Å². The van der Waals surface area contributed by atoms with Crippen molar-refractivity contribution in [3.05, 3.63) is 47.8 Å². The van der Waals surface area contributed by atoms with Crippen molar-refractivity contribution in [2.24, 2.45) is 5.92 Å².